The molecule has 0 unspecified atom stereocenters. The van der Waals surface area contributed by atoms with Crippen LogP contribution in [0.3, 0.4) is 0 Å². The van der Waals surface area contributed by atoms with Crippen LogP contribution in [0.1, 0.15) is 5.89 Å². The largest absolute Gasteiger partial charge is 0.437 e. The average molecular weight is 330 g/mol. The van der Waals surface area contributed by atoms with E-state index in [1.165, 1.54) is 36.4 Å². The SMILES string of the molecule is O=C(/C=C/c1nc2ccccc2o1)Nc1ccc(OC(F)F)cc1. The first-order chi connectivity index (χ1) is 11.6. The van der Waals surface area contributed by atoms with E-state index in [1.807, 2.05) is 12.1 Å². The van der Waals surface area contributed by atoms with Crippen molar-refractivity contribution in [3.8, 4) is 5.75 Å². The summed E-state index contributed by atoms with van der Waals surface area (Å²) >= 11 is 0. The van der Waals surface area contributed by atoms with Crippen molar-refractivity contribution < 1.29 is 22.7 Å². The number of nitrogens with zero attached hydrogens (tertiary/aromatic N) is 1. The fourth-order valence-corrected chi connectivity index (χ4v) is 2.01. The number of oxazole rings is 1. The summed E-state index contributed by atoms with van der Waals surface area (Å²) in [6, 6.07) is 12.9. The van der Waals surface area contributed by atoms with Crippen LogP contribution in [0.25, 0.3) is 17.2 Å². The lowest BCUT2D eigenvalue weighted by Gasteiger charge is -2.05. The number of carbonyl (C=O) groups excluding carboxylic acids is 1. The van der Waals surface area contributed by atoms with Crippen LogP contribution >= 0.6 is 0 Å². The number of para-hydroxylation sites is 2. The van der Waals surface area contributed by atoms with Crippen LogP contribution in [-0.2, 0) is 4.79 Å². The molecule has 0 saturated carbocycles. The number of benzene rings is 2. The van der Waals surface area contributed by atoms with E-state index in [0.29, 0.717) is 22.7 Å². The Morgan fingerprint density at radius 3 is 2.62 bits per heavy atom. The molecule has 7 heteroatoms. The van der Waals surface area contributed by atoms with Gasteiger partial charge in [0.05, 0.1) is 0 Å². The molecule has 2 aromatic carbocycles. The van der Waals surface area contributed by atoms with Crippen LogP contribution in [0.4, 0.5) is 14.5 Å². The smallest absolute Gasteiger partial charge is 0.387 e. The maximum Gasteiger partial charge on any atom is 0.387 e. The fourth-order valence-electron chi connectivity index (χ4n) is 2.01. The van der Waals surface area contributed by atoms with Crippen LogP contribution in [0.15, 0.2) is 59.0 Å². The number of ether oxygens (including phenoxy) is 1. The zero-order valence-corrected chi connectivity index (χ0v) is 12.3. The van der Waals surface area contributed by atoms with Crippen LogP contribution < -0.4 is 10.1 Å². The first-order valence-electron chi connectivity index (χ1n) is 7.00. The molecule has 0 aliphatic heterocycles. The van der Waals surface area contributed by atoms with Crippen molar-refractivity contribution in [2.45, 2.75) is 6.61 Å². The predicted molar refractivity (Wildman–Crippen MR) is 84.7 cm³/mol. The summed E-state index contributed by atoms with van der Waals surface area (Å²) in [5.74, 6) is -0.0724. The number of anilines is 1. The highest BCUT2D eigenvalue weighted by Gasteiger charge is 2.05. The maximum absolute atomic E-state index is 12.1. The Hall–Kier alpha value is -3.22. The molecule has 0 spiro atoms. The third-order valence-electron chi connectivity index (χ3n) is 3.03. The maximum atomic E-state index is 12.1. The van der Waals surface area contributed by atoms with Crippen molar-refractivity contribution in [1.82, 2.24) is 4.98 Å². The van der Waals surface area contributed by atoms with Crippen LogP contribution in [0.5, 0.6) is 5.75 Å². The number of alkyl halides is 2. The van der Waals surface area contributed by atoms with Gasteiger partial charge in [0.1, 0.15) is 11.3 Å². The van der Waals surface area contributed by atoms with Crippen molar-refractivity contribution in [2.75, 3.05) is 5.32 Å². The molecule has 5 nitrogen and oxygen atoms in total. The minimum absolute atomic E-state index is 0.0185. The molecule has 3 aromatic rings. The van der Waals surface area contributed by atoms with Crippen LogP contribution in [0.2, 0.25) is 0 Å². The van der Waals surface area contributed by atoms with Gasteiger partial charge in [0.15, 0.2) is 5.58 Å². The van der Waals surface area contributed by atoms with E-state index in [-0.39, 0.29) is 5.75 Å². The minimum Gasteiger partial charge on any atom is -0.437 e. The second kappa shape index (κ2) is 6.91. The topological polar surface area (TPSA) is 64.4 Å². The standard InChI is InChI=1S/C17H12F2N2O3/c18-17(19)23-12-7-5-11(6-8-12)20-15(22)9-10-16-21-13-3-1-2-4-14(13)24-16/h1-10,17H,(H,20,22)/b10-9+. The number of nitrogens with one attached hydrogen (secondary N) is 1. The summed E-state index contributed by atoms with van der Waals surface area (Å²) in [5, 5.41) is 2.59. The van der Waals surface area contributed by atoms with Crippen LogP contribution in [-0.4, -0.2) is 17.5 Å². The molecule has 24 heavy (non-hydrogen) atoms. The van der Waals surface area contributed by atoms with Gasteiger partial charge in [-0.15, -0.1) is 0 Å². The Morgan fingerprint density at radius 2 is 1.92 bits per heavy atom. The Bertz CT molecular complexity index is 840. The zero-order chi connectivity index (χ0) is 16.9. The van der Waals surface area contributed by atoms with E-state index >= 15 is 0 Å². The molecule has 1 N–H and O–H groups in total. The first kappa shape index (κ1) is 15.7. The molecule has 0 bridgehead atoms. The van der Waals surface area contributed by atoms with Gasteiger partial charge in [0.25, 0.3) is 0 Å². The average Bonchev–Trinajstić information content (AvgIpc) is 2.97. The monoisotopic (exact) mass is 330 g/mol. The van der Waals surface area contributed by atoms with Gasteiger partial charge < -0.3 is 14.5 Å². The lowest BCUT2D eigenvalue weighted by Crippen LogP contribution is -2.08. The number of amides is 1. The van der Waals surface area contributed by atoms with Crippen molar-refractivity contribution in [3.63, 3.8) is 0 Å². The van der Waals surface area contributed by atoms with E-state index in [1.54, 1.807) is 12.1 Å². The molecular formula is C17H12F2N2O3. The molecular weight excluding hydrogens is 318 g/mol. The van der Waals surface area contributed by atoms with Crippen molar-refractivity contribution in [3.05, 3.63) is 60.5 Å². The van der Waals surface area contributed by atoms with Gasteiger partial charge in [-0.2, -0.15) is 8.78 Å². The Morgan fingerprint density at radius 1 is 1.17 bits per heavy atom. The highest BCUT2D eigenvalue weighted by molar-refractivity contribution is 6.01. The third-order valence-corrected chi connectivity index (χ3v) is 3.03. The summed E-state index contributed by atoms with van der Waals surface area (Å²) in [5.41, 5.74) is 1.78. The van der Waals surface area contributed by atoms with Crippen molar-refractivity contribution in [1.29, 1.82) is 0 Å². The molecule has 0 atom stereocenters. The van der Waals surface area contributed by atoms with Gasteiger partial charge in [-0.3, -0.25) is 4.79 Å². The molecule has 0 aliphatic carbocycles. The molecule has 0 radical (unpaired) electrons. The summed E-state index contributed by atoms with van der Waals surface area (Å²) in [4.78, 5) is 16.1. The molecule has 122 valence electrons. The quantitative estimate of drug-likeness (QED) is 0.716. The fraction of sp³-hybridized carbons (Fsp3) is 0.0588. The van der Waals surface area contributed by atoms with E-state index in [9.17, 15) is 13.6 Å². The number of halogens is 2. The Kier molecular flexibility index (Phi) is 4.51. The molecule has 1 heterocycles. The van der Waals surface area contributed by atoms with E-state index in [2.05, 4.69) is 15.0 Å². The van der Waals surface area contributed by atoms with E-state index < -0.39 is 12.5 Å². The number of hydrogen-bond donors (Lipinski definition) is 1. The van der Waals surface area contributed by atoms with Gasteiger partial charge in [-0.25, -0.2) is 4.98 Å². The molecule has 0 aliphatic rings. The highest BCUT2D eigenvalue weighted by atomic mass is 19.3. The van der Waals surface area contributed by atoms with Crippen molar-refractivity contribution >= 4 is 28.8 Å². The van der Waals surface area contributed by atoms with Gasteiger partial charge >= 0.3 is 6.61 Å². The van der Waals surface area contributed by atoms with E-state index in [4.69, 9.17) is 4.42 Å². The minimum atomic E-state index is -2.88. The van der Waals surface area contributed by atoms with Crippen molar-refractivity contribution in [2.24, 2.45) is 0 Å². The molecule has 0 fully saturated rings. The third kappa shape index (κ3) is 3.95. The van der Waals surface area contributed by atoms with E-state index in [0.717, 1.165) is 0 Å². The molecule has 3 rings (SSSR count). The number of rotatable bonds is 5. The lowest BCUT2D eigenvalue weighted by molar-refractivity contribution is -0.111. The molecule has 1 amide bonds. The second-order valence-corrected chi connectivity index (χ2v) is 4.75. The highest BCUT2D eigenvalue weighted by Crippen LogP contribution is 2.18. The number of fused-ring (bicyclic) bond motifs is 1. The molecule has 0 saturated heterocycles. The summed E-state index contributed by atoms with van der Waals surface area (Å²) in [6.45, 7) is -2.88. The normalized spacial score (nSPS) is 11.3. The summed E-state index contributed by atoms with van der Waals surface area (Å²) in [6.07, 6.45) is 2.72. The van der Waals surface area contributed by atoms with Gasteiger partial charge in [-0.05, 0) is 36.4 Å². The van der Waals surface area contributed by atoms with Gasteiger partial charge in [0.2, 0.25) is 11.8 Å². The predicted octanol–water partition coefficient (Wildman–Crippen LogP) is 4.08. The second-order valence-electron chi connectivity index (χ2n) is 4.75. The number of carbonyl (C=O) groups is 1. The zero-order valence-electron chi connectivity index (χ0n) is 12.3. The summed E-state index contributed by atoms with van der Waals surface area (Å²) in [7, 11) is 0. The summed E-state index contributed by atoms with van der Waals surface area (Å²) < 4.78 is 33.8. The first-order valence-corrected chi connectivity index (χ1v) is 7.00. The lowest BCUT2D eigenvalue weighted by atomic mass is 10.3. The number of hydrogen-bond acceptors (Lipinski definition) is 4. The molecule has 1 aromatic heterocycles. The Labute approximate surface area is 135 Å². The Balaban J connectivity index is 1.62. The van der Waals surface area contributed by atoms with Crippen LogP contribution in [0, 0.1) is 0 Å². The van der Waals surface area contributed by atoms with Gasteiger partial charge in [-0.1, -0.05) is 12.1 Å². The van der Waals surface area contributed by atoms with Gasteiger partial charge in [0, 0.05) is 17.8 Å². The number of aromatic nitrogens is 1.